The van der Waals surface area contributed by atoms with Gasteiger partial charge in [0.2, 0.25) is 0 Å². The van der Waals surface area contributed by atoms with Crippen LogP contribution >= 0.6 is 12.4 Å². The molecular formula is C33H38ClNO5. The number of para-hydroxylation sites is 1. The van der Waals surface area contributed by atoms with Crippen LogP contribution in [0.1, 0.15) is 39.7 Å². The average Bonchev–Trinajstić information content (AvgIpc) is 2.92. The minimum absolute atomic E-state index is 0. The van der Waals surface area contributed by atoms with Gasteiger partial charge in [0.15, 0.2) is 16.8 Å². The summed E-state index contributed by atoms with van der Waals surface area (Å²) in [5, 5.41) is 0.437. The number of halogens is 1. The maximum absolute atomic E-state index is 12.9. The summed E-state index contributed by atoms with van der Waals surface area (Å²) in [6, 6.07) is 26.5. The zero-order chi connectivity index (χ0) is 27.8. The van der Waals surface area contributed by atoms with Gasteiger partial charge in [-0.25, -0.2) is 0 Å². The predicted molar refractivity (Wildman–Crippen MR) is 162 cm³/mol. The number of hydrogen-bond donors (Lipinski definition) is 0. The lowest BCUT2D eigenvalue weighted by Gasteiger charge is -2.29. The Morgan fingerprint density at radius 1 is 0.950 bits per heavy atom. The molecule has 0 fully saturated rings. The molecule has 0 spiro atoms. The third-order valence-corrected chi connectivity index (χ3v) is 6.34. The predicted octanol–water partition coefficient (Wildman–Crippen LogP) is 7.13. The number of carbonyl (C=O) groups is 1. The summed E-state index contributed by atoms with van der Waals surface area (Å²) in [5.41, 5.74) is 1.58. The summed E-state index contributed by atoms with van der Waals surface area (Å²) in [7, 11) is 0. The molecule has 0 saturated carbocycles. The number of carbonyl (C=O) groups excluding carboxylic acids is 1. The normalized spacial score (nSPS) is 12.1. The highest BCUT2D eigenvalue weighted by molar-refractivity contribution is 5.85. The van der Waals surface area contributed by atoms with Crippen molar-refractivity contribution < 1.29 is 18.7 Å². The van der Waals surface area contributed by atoms with E-state index in [2.05, 4.69) is 24.0 Å². The van der Waals surface area contributed by atoms with Crippen molar-refractivity contribution in [2.24, 2.45) is 5.41 Å². The molecule has 1 aromatic heterocycles. The molecule has 0 radical (unpaired) electrons. The quantitative estimate of drug-likeness (QED) is 0.181. The summed E-state index contributed by atoms with van der Waals surface area (Å²) in [6.45, 7) is 9.86. The van der Waals surface area contributed by atoms with Crippen LogP contribution in [-0.2, 0) is 16.1 Å². The van der Waals surface area contributed by atoms with Gasteiger partial charge < -0.3 is 13.9 Å². The van der Waals surface area contributed by atoms with E-state index in [9.17, 15) is 9.59 Å². The Hall–Kier alpha value is -3.61. The van der Waals surface area contributed by atoms with Crippen LogP contribution < -0.4 is 10.2 Å². The van der Waals surface area contributed by atoms with E-state index in [0.29, 0.717) is 29.0 Å². The molecule has 0 bridgehead atoms. The van der Waals surface area contributed by atoms with Crippen LogP contribution in [-0.4, -0.2) is 36.7 Å². The Balaban J connectivity index is 0.00000441. The van der Waals surface area contributed by atoms with Gasteiger partial charge in [-0.2, -0.15) is 0 Å². The number of benzene rings is 3. The molecule has 0 amide bonds. The van der Waals surface area contributed by atoms with Crippen LogP contribution in [0.3, 0.4) is 0 Å². The first-order valence-electron chi connectivity index (χ1n) is 13.5. The highest BCUT2D eigenvalue weighted by Gasteiger charge is 2.28. The van der Waals surface area contributed by atoms with Gasteiger partial charge in [-0.15, -0.1) is 12.4 Å². The van der Waals surface area contributed by atoms with Crippen LogP contribution in [0.15, 0.2) is 94.1 Å². The number of esters is 1. The molecule has 4 rings (SSSR count). The highest BCUT2D eigenvalue weighted by atomic mass is 35.5. The van der Waals surface area contributed by atoms with Gasteiger partial charge in [0, 0.05) is 24.7 Å². The van der Waals surface area contributed by atoms with E-state index >= 15 is 0 Å². The third-order valence-electron chi connectivity index (χ3n) is 6.34. The molecular weight excluding hydrogens is 526 g/mol. The van der Waals surface area contributed by atoms with Gasteiger partial charge in [0.25, 0.3) is 0 Å². The summed E-state index contributed by atoms with van der Waals surface area (Å²) in [6.07, 6.45) is 0.441. The van der Waals surface area contributed by atoms with Gasteiger partial charge >= 0.3 is 5.97 Å². The van der Waals surface area contributed by atoms with Crippen molar-refractivity contribution in [1.29, 1.82) is 0 Å². The minimum Gasteiger partial charge on any atom is -0.486 e. The Morgan fingerprint density at radius 2 is 1.62 bits per heavy atom. The van der Waals surface area contributed by atoms with Crippen molar-refractivity contribution in [3.05, 3.63) is 101 Å². The first-order valence-corrected chi connectivity index (χ1v) is 13.5. The van der Waals surface area contributed by atoms with Crippen LogP contribution in [0.4, 0.5) is 0 Å². The second-order valence-electron chi connectivity index (χ2n) is 10.8. The van der Waals surface area contributed by atoms with E-state index in [-0.39, 0.29) is 30.4 Å². The maximum atomic E-state index is 12.9. The standard InChI is InChI=1S/C33H37NO5.ClH/c1-5-19-34(21-24-13-8-6-9-14-24)22-26(38-32(36)33(2,3)4)23-37-29-18-12-17-27-28(35)20-30(39-31(27)29)25-15-10-7-11-16-25;/h6-18,20,26H,5,19,21-23H2,1-4H3;1H. The minimum atomic E-state index is -0.649. The largest absolute Gasteiger partial charge is 0.486 e. The number of rotatable bonds is 11. The molecule has 0 aliphatic rings. The zero-order valence-corrected chi connectivity index (χ0v) is 24.4. The second-order valence-corrected chi connectivity index (χ2v) is 10.8. The second kappa shape index (κ2) is 14.1. The summed E-state index contributed by atoms with van der Waals surface area (Å²) in [4.78, 5) is 28.1. The third kappa shape index (κ3) is 8.20. The molecule has 1 unspecified atom stereocenters. The lowest BCUT2D eigenvalue weighted by Crippen LogP contribution is -2.40. The molecule has 4 aromatic rings. The number of hydrogen-bond acceptors (Lipinski definition) is 6. The van der Waals surface area contributed by atoms with Gasteiger partial charge in [0.1, 0.15) is 18.5 Å². The monoisotopic (exact) mass is 563 g/mol. The fourth-order valence-corrected chi connectivity index (χ4v) is 4.33. The molecule has 0 aliphatic heterocycles. The molecule has 1 heterocycles. The molecule has 212 valence electrons. The van der Waals surface area contributed by atoms with Crippen molar-refractivity contribution in [1.82, 2.24) is 4.90 Å². The fourth-order valence-electron chi connectivity index (χ4n) is 4.33. The first-order chi connectivity index (χ1) is 18.7. The molecule has 0 N–H and O–H groups in total. The fraction of sp³-hybridized carbons (Fsp3) is 0.333. The summed E-state index contributed by atoms with van der Waals surface area (Å²) < 4.78 is 18.4. The number of ether oxygens (including phenoxy) is 2. The van der Waals surface area contributed by atoms with E-state index < -0.39 is 11.5 Å². The van der Waals surface area contributed by atoms with Crippen molar-refractivity contribution in [3.63, 3.8) is 0 Å². The highest BCUT2D eigenvalue weighted by Crippen LogP contribution is 2.29. The topological polar surface area (TPSA) is 69.0 Å². The molecule has 1 atom stereocenters. The number of fused-ring (bicyclic) bond motifs is 1. The van der Waals surface area contributed by atoms with Gasteiger partial charge in [-0.3, -0.25) is 14.5 Å². The summed E-state index contributed by atoms with van der Waals surface area (Å²) in [5.74, 6) is 0.615. The molecule has 7 heteroatoms. The summed E-state index contributed by atoms with van der Waals surface area (Å²) >= 11 is 0. The van der Waals surface area contributed by atoms with Gasteiger partial charge in [-0.1, -0.05) is 73.7 Å². The smallest absolute Gasteiger partial charge is 0.311 e. The molecule has 0 saturated heterocycles. The first kappa shape index (κ1) is 30.9. The molecule has 6 nitrogen and oxygen atoms in total. The van der Waals surface area contributed by atoms with Crippen LogP contribution in [0.5, 0.6) is 5.75 Å². The number of nitrogens with zero attached hydrogens (tertiary/aromatic N) is 1. The van der Waals surface area contributed by atoms with E-state index in [1.165, 1.54) is 11.6 Å². The van der Waals surface area contributed by atoms with Crippen LogP contribution in [0.25, 0.3) is 22.3 Å². The van der Waals surface area contributed by atoms with E-state index in [0.717, 1.165) is 25.1 Å². The zero-order valence-electron chi connectivity index (χ0n) is 23.6. The van der Waals surface area contributed by atoms with Crippen LogP contribution in [0, 0.1) is 5.41 Å². The lowest BCUT2D eigenvalue weighted by atomic mass is 9.97. The Bertz CT molecular complexity index is 1430. The Labute approximate surface area is 242 Å². The van der Waals surface area contributed by atoms with Crippen molar-refractivity contribution >= 4 is 29.3 Å². The van der Waals surface area contributed by atoms with E-state index in [1.807, 2.05) is 69.3 Å². The average molecular weight is 564 g/mol. The Morgan fingerprint density at radius 3 is 2.27 bits per heavy atom. The van der Waals surface area contributed by atoms with Crippen molar-refractivity contribution in [2.75, 3.05) is 19.7 Å². The van der Waals surface area contributed by atoms with Gasteiger partial charge in [0.05, 0.1) is 10.8 Å². The molecule has 3 aromatic carbocycles. The van der Waals surface area contributed by atoms with Crippen molar-refractivity contribution in [3.8, 4) is 17.1 Å². The molecule has 0 aliphatic carbocycles. The lowest BCUT2D eigenvalue weighted by molar-refractivity contribution is -0.161. The Kier molecular flexibility index (Phi) is 10.9. The van der Waals surface area contributed by atoms with E-state index in [1.54, 1.807) is 18.2 Å². The SMILES string of the molecule is CCCN(Cc1ccccc1)CC(COc1cccc2c(=O)cc(-c3ccccc3)oc12)OC(=O)C(C)(C)C.Cl. The maximum Gasteiger partial charge on any atom is 0.311 e. The van der Waals surface area contributed by atoms with Crippen LogP contribution in [0.2, 0.25) is 0 Å². The molecule has 40 heavy (non-hydrogen) atoms. The van der Waals surface area contributed by atoms with E-state index in [4.69, 9.17) is 13.9 Å². The van der Waals surface area contributed by atoms with Crippen molar-refractivity contribution in [2.45, 2.75) is 46.8 Å². The van der Waals surface area contributed by atoms with Gasteiger partial charge in [-0.05, 0) is 51.4 Å².